The zero-order valence-corrected chi connectivity index (χ0v) is 11.8. The molecule has 3 rings (SSSR count). The quantitative estimate of drug-likeness (QED) is 0.578. The average molecular weight is 300 g/mol. The molecule has 0 aliphatic heterocycles. The van der Waals surface area contributed by atoms with Gasteiger partial charge in [0.25, 0.3) is 0 Å². The first-order chi connectivity index (χ1) is 10.2. The Morgan fingerprint density at radius 3 is 2.95 bits per heavy atom. The van der Waals surface area contributed by atoms with Gasteiger partial charge in [-0.1, -0.05) is 17.4 Å². The van der Waals surface area contributed by atoms with Crippen LogP contribution >= 0.6 is 11.3 Å². The van der Waals surface area contributed by atoms with Gasteiger partial charge in [-0.25, -0.2) is 4.98 Å². The highest BCUT2D eigenvalue weighted by Gasteiger charge is 2.09. The molecular formula is C14H12N4O2S. The fourth-order valence-electron chi connectivity index (χ4n) is 1.94. The molecule has 2 heterocycles. The molecule has 6 nitrogen and oxygen atoms in total. The molecule has 0 radical (unpaired) electrons. The third kappa shape index (κ3) is 3.09. The Morgan fingerprint density at radius 2 is 2.24 bits per heavy atom. The van der Waals surface area contributed by atoms with Crippen molar-refractivity contribution in [3.8, 4) is 5.69 Å². The minimum Gasteiger partial charge on any atom is -0.380 e. The maximum atomic E-state index is 10.7. The lowest BCUT2D eigenvalue weighted by atomic mass is 10.2. The van der Waals surface area contributed by atoms with Gasteiger partial charge >= 0.3 is 5.00 Å². The van der Waals surface area contributed by atoms with E-state index >= 15 is 0 Å². The number of nitrogens with zero attached hydrogens (tertiary/aromatic N) is 3. The van der Waals surface area contributed by atoms with Gasteiger partial charge in [0.2, 0.25) is 0 Å². The van der Waals surface area contributed by atoms with Gasteiger partial charge in [0, 0.05) is 41.3 Å². The predicted molar refractivity (Wildman–Crippen MR) is 81.9 cm³/mol. The predicted octanol–water partition coefficient (Wildman–Crippen LogP) is 3.45. The van der Waals surface area contributed by atoms with E-state index in [0.717, 1.165) is 16.3 Å². The number of benzene rings is 1. The van der Waals surface area contributed by atoms with Gasteiger partial charge in [0.1, 0.15) is 0 Å². The molecule has 0 amide bonds. The Bertz CT molecular complexity index is 752. The maximum Gasteiger partial charge on any atom is 0.324 e. The summed E-state index contributed by atoms with van der Waals surface area (Å²) in [6.45, 7) is 0.561. The number of nitrogens with one attached hydrogen (secondary N) is 1. The normalized spacial score (nSPS) is 10.5. The number of nitro groups is 1. The monoisotopic (exact) mass is 300 g/mol. The summed E-state index contributed by atoms with van der Waals surface area (Å²) in [4.78, 5) is 15.2. The lowest BCUT2D eigenvalue weighted by Gasteiger charge is -2.07. The summed E-state index contributed by atoms with van der Waals surface area (Å²) in [5.41, 5.74) is 1.96. The van der Waals surface area contributed by atoms with Gasteiger partial charge in [-0.05, 0) is 24.3 Å². The highest BCUT2D eigenvalue weighted by atomic mass is 32.1. The highest BCUT2D eigenvalue weighted by molar-refractivity contribution is 7.15. The van der Waals surface area contributed by atoms with E-state index in [4.69, 9.17) is 0 Å². The van der Waals surface area contributed by atoms with Gasteiger partial charge in [-0.15, -0.1) is 0 Å². The van der Waals surface area contributed by atoms with Crippen LogP contribution in [-0.2, 0) is 6.54 Å². The Balaban J connectivity index is 1.70. The first kappa shape index (κ1) is 13.3. The molecule has 2 aromatic heterocycles. The van der Waals surface area contributed by atoms with Gasteiger partial charge in [0.15, 0.2) is 0 Å². The maximum absolute atomic E-state index is 10.7. The first-order valence-corrected chi connectivity index (χ1v) is 7.09. The molecule has 1 N–H and O–H groups in total. The van der Waals surface area contributed by atoms with E-state index in [1.807, 2.05) is 35.0 Å². The first-order valence-electron chi connectivity index (χ1n) is 6.28. The molecule has 7 heteroatoms. The van der Waals surface area contributed by atoms with Gasteiger partial charge in [-0.2, -0.15) is 0 Å². The lowest BCUT2D eigenvalue weighted by molar-refractivity contribution is -0.380. The molecule has 0 fully saturated rings. The van der Waals surface area contributed by atoms with Crippen LogP contribution in [0.5, 0.6) is 0 Å². The number of thiophene rings is 1. The van der Waals surface area contributed by atoms with Crippen LogP contribution in [0.2, 0.25) is 0 Å². The minimum atomic E-state index is -0.367. The topological polar surface area (TPSA) is 73.0 Å². The third-order valence-corrected chi connectivity index (χ3v) is 3.98. The number of hydrogen-bond donors (Lipinski definition) is 1. The summed E-state index contributed by atoms with van der Waals surface area (Å²) >= 11 is 1.19. The van der Waals surface area contributed by atoms with Crippen LogP contribution in [-0.4, -0.2) is 14.5 Å². The SMILES string of the molecule is O=[N+]([O-])c1ccc(CNc2cccc(-n3ccnc3)c2)s1. The van der Waals surface area contributed by atoms with E-state index in [2.05, 4.69) is 10.3 Å². The zero-order chi connectivity index (χ0) is 14.7. The molecule has 0 saturated heterocycles. The van der Waals surface area contributed by atoms with E-state index in [0.29, 0.717) is 6.54 Å². The van der Waals surface area contributed by atoms with E-state index in [9.17, 15) is 10.1 Å². The van der Waals surface area contributed by atoms with Crippen molar-refractivity contribution >= 4 is 22.0 Å². The second-order valence-electron chi connectivity index (χ2n) is 4.37. The van der Waals surface area contributed by atoms with Crippen molar-refractivity contribution in [2.75, 3.05) is 5.32 Å². The van der Waals surface area contributed by atoms with Crippen LogP contribution < -0.4 is 5.32 Å². The van der Waals surface area contributed by atoms with Crippen molar-refractivity contribution in [3.63, 3.8) is 0 Å². The molecule has 0 unspecified atom stereocenters. The zero-order valence-electron chi connectivity index (χ0n) is 11.0. The van der Waals surface area contributed by atoms with Gasteiger partial charge < -0.3 is 9.88 Å². The number of rotatable bonds is 5. The summed E-state index contributed by atoms with van der Waals surface area (Å²) in [6, 6.07) is 11.2. The highest BCUT2D eigenvalue weighted by Crippen LogP contribution is 2.25. The van der Waals surface area contributed by atoms with Crippen LogP contribution in [0.25, 0.3) is 5.69 Å². The van der Waals surface area contributed by atoms with Crippen LogP contribution in [0.1, 0.15) is 4.88 Å². The summed E-state index contributed by atoms with van der Waals surface area (Å²) in [6.07, 6.45) is 5.34. The molecule has 0 aliphatic carbocycles. The average Bonchev–Trinajstić information content (AvgIpc) is 3.17. The Labute approximate surface area is 124 Å². The fraction of sp³-hybridized carbons (Fsp3) is 0.0714. The Morgan fingerprint density at radius 1 is 1.33 bits per heavy atom. The van der Waals surface area contributed by atoms with E-state index in [1.165, 1.54) is 17.4 Å². The van der Waals surface area contributed by atoms with Crippen molar-refractivity contribution < 1.29 is 4.92 Å². The summed E-state index contributed by atoms with van der Waals surface area (Å²) in [7, 11) is 0. The third-order valence-electron chi connectivity index (χ3n) is 2.94. The minimum absolute atomic E-state index is 0.166. The van der Waals surface area contributed by atoms with Crippen molar-refractivity contribution in [1.29, 1.82) is 0 Å². The molecule has 0 spiro atoms. The molecule has 0 aliphatic rings. The largest absolute Gasteiger partial charge is 0.380 e. The van der Waals surface area contributed by atoms with Crippen LogP contribution in [0.15, 0.2) is 55.1 Å². The van der Waals surface area contributed by atoms with Crippen LogP contribution in [0, 0.1) is 10.1 Å². The lowest BCUT2D eigenvalue weighted by Crippen LogP contribution is -1.98. The second kappa shape index (κ2) is 5.76. The molecule has 0 atom stereocenters. The molecule has 0 bridgehead atoms. The van der Waals surface area contributed by atoms with Gasteiger partial charge in [0.05, 0.1) is 11.3 Å². The Kier molecular flexibility index (Phi) is 3.65. The molecule has 106 valence electrons. The van der Waals surface area contributed by atoms with Gasteiger partial charge in [-0.3, -0.25) is 10.1 Å². The molecule has 3 aromatic rings. The van der Waals surface area contributed by atoms with Crippen LogP contribution in [0.3, 0.4) is 0 Å². The molecule has 21 heavy (non-hydrogen) atoms. The summed E-state index contributed by atoms with van der Waals surface area (Å²) < 4.78 is 1.92. The number of anilines is 1. The number of aromatic nitrogens is 2. The smallest absolute Gasteiger partial charge is 0.324 e. The molecular weight excluding hydrogens is 288 g/mol. The van der Waals surface area contributed by atoms with E-state index < -0.39 is 0 Å². The Hall–Kier alpha value is -2.67. The number of hydrogen-bond acceptors (Lipinski definition) is 5. The number of imidazole rings is 1. The molecule has 1 aromatic carbocycles. The standard InChI is InChI=1S/C14H12N4O2S/c19-18(20)14-5-4-13(21-14)9-16-11-2-1-3-12(8-11)17-7-6-15-10-17/h1-8,10,16H,9H2. The van der Waals surface area contributed by atoms with Crippen molar-refractivity contribution in [2.45, 2.75) is 6.54 Å². The summed E-state index contributed by atoms with van der Waals surface area (Å²) in [5, 5.41) is 14.1. The van der Waals surface area contributed by atoms with E-state index in [1.54, 1.807) is 18.6 Å². The van der Waals surface area contributed by atoms with Crippen LogP contribution in [0.4, 0.5) is 10.7 Å². The van der Waals surface area contributed by atoms with Crippen molar-refractivity contribution in [3.05, 3.63) is 70.1 Å². The van der Waals surface area contributed by atoms with Crippen molar-refractivity contribution in [2.24, 2.45) is 0 Å². The second-order valence-corrected chi connectivity index (χ2v) is 5.52. The van der Waals surface area contributed by atoms with E-state index in [-0.39, 0.29) is 9.92 Å². The molecule has 0 saturated carbocycles. The summed E-state index contributed by atoms with van der Waals surface area (Å²) in [5.74, 6) is 0. The fourth-order valence-corrected chi connectivity index (χ4v) is 2.70. The van der Waals surface area contributed by atoms with Crippen molar-refractivity contribution in [1.82, 2.24) is 9.55 Å².